The SMILES string of the molecule is O=C(NCc1ccccc1)N1CCN([C@@H](c2ccccc2)c2ccc(Cl)cc2)CC1. The van der Waals surface area contributed by atoms with Gasteiger partial charge < -0.3 is 10.2 Å². The zero-order chi connectivity index (χ0) is 20.8. The van der Waals surface area contributed by atoms with Crippen LogP contribution in [0.2, 0.25) is 5.02 Å². The Hall–Kier alpha value is -2.82. The lowest BCUT2D eigenvalue weighted by Crippen LogP contribution is -2.52. The molecule has 1 fully saturated rings. The molecular formula is C25H26ClN3O. The van der Waals surface area contributed by atoms with Gasteiger partial charge in [-0.3, -0.25) is 4.90 Å². The highest BCUT2D eigenvalue weighted by molar-refractivity contribution is 6.30. The molecule has 3 aromatic rings. The predicted molar refractivity (Wildman–Crippen MR) is 122 cm³/mol. The lowest BCUT2D eigenvalue weighted by atomic mass is 9.96. The predicted octanol–water partition coefficient (Wildman–Crippen LogP) is 4.96. The van der Waals surface area contributed by atoms with Crippen LogP contribution in [0, 0.1) is 0 Å². The van der Waals surface area contributed by atoms with Crippen LogP contribution in [0.4, 0.5) is 4.79 Å². The molecule has 1 saturated heterocycles. The molecule has 1 heterocycles. The smallest absolute Gasteiger partial charge is 0.317 e. The van der Waals surface area contributed by atoms with E-state index in [1.807, 2.05) is 53.4 Å². The van der Waals surface area contributed by atoms with E-state index in [1.54, 1.807) is 0 Å². The number of nitrogens with zero attached hydrogens (tertiary/aromatic N) is 2. The van der Waals surface area contributed by atoms with Gasteiger partial charge in [0.2, 0.25) is 0 Å². The lowest BCUT2D eigenvalue weighted by molar-refractivity contribution is 0.120. The molecule has 1 aliphatic heterocycles. The van der Waals surface area contributed by atoms with Crippen molar-refractivity contribution < 1.29 is 4.79 Å². The Bertz CT molecular complexity index is 939. The second-order valence-corrected chi connectivity index (χ2v) is 7.97. The van der Waals surface area contributed by atoms with Gasteiger partial charge in [-0.1, -0.05) is 84.4 Å². The molecule has 4 rings (SSSR count). The molecule has 0 spiro atoms. The number of piperazine rings is 1. The Kier molecular flexibility index (Phi) is 6.67. The summed E-state index contributed by atoms with van der Waals surface area (Å²) in [5.41, 5.74) is 3.57. The molecule has 3 aromatic carbocycles. The molecule has 0 aromatic heterocycles. The third-order valence-electron chi connectivity index (χ3n) is 5.55. The fourth-order valence-corrected chi connectivity index (χ4v) is 4.09. The maximum absolute atomic E-state index is 12.6. The minimum atomic E-state index is 0.00116. The number of carbonyl (C=O) groups excluding carboxylic acids is 1. The Morgan fingerprint density at radius 2 is 1.37 bits per heavy atom. The van der Waals surface area contributed by atoms with Gasteiger partial charge in [0.25, 0.3) is 0 Å². The standard InChI is InChI=1S/C25H26ClN3O/c26-23-13-11-22(12-14-23)24(21-9-5-2-6-10-21)28-15-17-29(18-16-28)25(30)27-19-20-7-3-1-4-8-20/h1-14,24H,15-19H2,(H,27,30)/t24-/m0/s1. The molecule has 0 bridgehead atoms. The molecule has 0 saturated carbocycles. The van der Waals surface area contributed by atoms with Gasteiger partial charge in [-0.05, 0) is 28.8 Å². The van der Waals surface area contributed by atoms with Crippen molar-refractivity contribution in [3.8, 4) is 0 Å². The van der Waals surface area contributed by atoms with E-state index in [-0.39, 0.29) is 12.1 Å². The zero-order valence-electron chi connectivity index (χ0n) is 16.9. The minimum absolute atomic E-state index is 0.00116. The molecular weight excluding hydrogens is 394 g/mol. The first-order chi connectivity index (χ1) is 14.7. The van der Waals surface area contributed by atoms with Crippen molar-refractivity contribution in [2.24, 2.45) is 0 Å². The number of benzene rings is 3. The number of rotatable bonds is 5. The Morgan fingerprint density at radius 3 is 2.00 bits per heavy atom. The minimum Gasteiger partial charge on any atom is -0.334 e. The largest absolute Gasteiger partial charge is 0.334 e. The second kappa shape index (κ2) is 9.79. The van der Waals surface area contributed by atoms with E-state index < -0.39 is 0 Å². The number of hydrogen-bond acceptors (Lipinski definition) is 2. The van der Waals surface area contributed by atoms with Crippen LogP contribution in [0.3, 0.4) is 0 Å². The van der Waals surface area contributed by atoms with E-state index in [0.29, 0.717) is 19.6 Å². The van der Waals surface area contributed by atoms with E-state index in [0.717, 1.165) is 23.7 Å². The number of halogens is 1. The zero-order valence-corrected chi connectivity index (χ0v) is 17.6. The van der Waals surface area contributed by atoms with Crippen molar-refractivity contribution in [1.29, 1.82) is 0 Å². The average Bonchev–Trinajstić information content (AvgIpc) is 2.81. The molecule has 1 atom stereocenters. The number of urea groups is 1. The van der Waals surface area contributed by atoms with Crippen molar-refractivity contribution in [3.05, 3.63) is 107 Å². The lowest BCUT2D eigenvalue weighted by Gasteiger charge is -2.39. The topological polar surface area (TPSA) is 35.6 Å². The highest BCUT2D eigenvalue weighted by Gasteiger charge is 2.28. The van der Waals surface area contributed by atoms with Crippen LogP contribution >= 0.6 is 11.6 Å². The molecule has 0 unspecified atom stereocenters. The van der Waals surface area contributed by atoms with E-state index >= 15 is 0 Å². The van der Waals surface area contributed by atoms with Crippen LogP contribution in [0.1, 0.15) is 22.7 Å². The summed E-state index contributed by atoms with van der Waals surface area (Å²) < 4.78 is 0. The van der Waals surface area contributed by atoms with Crippen LogP contribution < -0.4 is 5.32 Å². The Morgan fingerprint density at radius 1 is 0.800 bits per heavy atom. The molecule has 1 aliphatic rings. The molecule has 0 aliphatic carbocycles. The monoisotopic (exact) mass is 419 g/mol. The molecule has 2 amide bonds. The van der Waals surface area contributed by atoms with Crippen molar-refractivity contribution in [2.75, 3.05) is 26.2 Å². The highest BCUT2D eigenvalue weighted by Crippen LogP contribution is 2.30. The summed E-state index contributed by atoms with van der Waals surface area (Å²) in [6.45, 7) is 3.61. The quantitative estimate of drug-likeness (QED) is 0.634. The van der Waals surface area contributed by atoms with Crippen molar-refractivity contribution >= 4 is 17.6 Å². The third-order valence-corrected chi connectivity index (χ3v) is 5.81. The number of amides is 2. The maximum Gasteiger partial charge on any atom is 0.317 e. The van der Waals surface area contributed by atoms with Gasteiger partial charge in [-0.15, -0.1) is 0 Å². The summed E-state index contributed by atoms with van der Waals surface area (Å²) in [6.07, 6.45) is 0. The number of nitrogens with one attached hydrogen (secondary N) is 1. The van der Waals surface area contributed by atoms with Gasteiger partial charge in [0.15, 0.2) is 0 Å². The highest BCUT2D eigenvalue weighted by atomic mass is 35.5. The van der Waals surface area contributed by atoms with Gasteiger partial charge in [-0.25, -0.2) is 4.79 Å². The van der Waals surface area contributed by atoms with Crippen LogP contribution in [0.5, 0.6) is 0 Å². The number of hydrogen-bond donors (Lipinski definition) is 1. The molecule has 30 heavy (non-hydrogen) atoms. The summed E-state index contributed by atoms with van der Waals surface area (Å²) in [6, 6.07) is 28.8. The Labute approximate surface area is 183 Å². The van der Waals surface area contributed by atoms with Crippen LogP contribution in [-0.2, 0) is 6.54 Å². The molecule has 154 valence electrons. The van der Waals surface area contributed by atoms with Crippen molar-refractivity contribution in [1.82, 2.24) is 15.1 Å². The van der Waals surface area contributed by atoms with E-state index in [1.165, 1.54) is 11.1 Å². The second-order valence-electron chi connectivity index (χ2n) is 7.53. The van der Waals surface area contributed by atoms with Gasteiger partial charge in [-0.2, -0.15) is 0 Å². The fraction of sp³-hybridized carbons (Fsp3) is 0.240. The normalized spacial score (nSPS) is 15.6. The Balaban J connectivity index is 1.41. The summed E-state index contributed by atoms with van der Waals surface area (Å²) in [4.78, 5) is 17.0. The van der Waals surface area contributed by atoms with Gasteiger partial charge in [0.05, 0.1) is 6.04 Å². The van der Waals surface area contributed by atoms with Gasteiger partial charge >= 0.3 is 6.03 Å². The van der Waals surface area contributed by atoms with Gasteiger partial charge in [0.1, 0.15) is 0 Å². The first-order valence-electron chi connectivity index (χ1n) is 10.3. The molecule has 0 radical (unpaired) electrons. The fourth-order valence-electron chi connectivity index (χ4n) is 3.96. The first kappa shape index (κ1) is 20.5. The third kappa shape index (κ3) is 5.02. The van der Waals surface area contributed by atoms with E-state index in [4.69, 9.17) is 11.6 Å². The summed E-state index contributed by atoms with van der Waals surface area (Å²) in [5.74, 6) is 0. The van der Waals surface area contributed by atoms with Crippen molar-refractivity contribution in [2.45, 2.75) is 12.6 Å². The van der Waals surface area contributed by atoms with Crippen LogP contribution in [0.25, 0.3) is 0 Å². The maximum atomic E-state index is 12.6. The van der Waals surface area contributed by atoms with Crippen molar-refractivity contribution in [3.63, 3.8) is 0 Å². The molecule has 4 nitrogen and oxygen atoms in total. The van der Waals surface area contributed by atoms with E-state index in [9.17, 15) is 4.79 Å². The molecule has 5 heteroatoms. The molecule has 1 N–H and O–H groups in total. The van der Waals surface area contributed by atoms with E-state index in [2.05, 4.69) is 46.6 Å². The number of carbonyl (C=O) groups is 1. The van der Waals surface area contributed by atoms with Crippen LogP contribution in [-0.4, -0.2) is 42.0 Å². The summed E-state index contributed by atoms with van der Waals surface area (Å²) in [5, 5.41) is 3.78. The average molecular weight is 420 g/mol. The summed E-state index contributed by atoms with van der Waals surface area (Å²) >= 11 is 6.11. The first-order valence-corrected chi connectivity index (χ1v) is 10.7. The van der Waals surface area contributed by atoms with Crippen LogP contribution in [0.15, 0.2) is 84.9 Å². The van der Waals surface area contributed by atoms with Gasteiger partial charge in [0, 0.05) is 37.7 Å². The summed E-state index contributed by atoms with van der Waals surface area (Å²) in [7, 11) is 0.